The first kappa shape index (κ1) is 19.0. The van der Waals surface area contributed by atoms with Crippen molar-refractivity contribution in [3.8, 4) is 5.75 Å². The summed E-state index contributed by atoms with van der Waals surface area (Å²) in [5.41, 5.74) is 7.15. The topological polar surface area (TPSA) is 65.6 Å². The molecule has 150 valence electrons. The van der Waals surface area contributed by atoms with Crippen molar-refractivity contribution in [2.75, 3.05) is 51.3 Å². The van der Waals surface area contributed by atoms with Gasteiger partial charge in [-0.25, -0.2) is 19.8 Å². The van der Waals surface area contributed by atoms with Crippen molar-refractivity contribution in [2.45, 2.75) is 12.5 Å². The van der Waals surface area contributed by atoms with Crippen LogP contribution in [0.25, 0.3) is 0 Å². The Hall–Kier alpha value is -2.29. The molecule has 1 aromatic carbocycles. The maximum atomic E-state index is 14.6. The van der Waals surface area contributed by atoms with Gasteiger partial charge in [-0.1, -0.05) is 6.07 Å². The molecule has 0 spiro atoms. The normalized spacial score (nSPS) is 23.6. The van der Waals surface area contributed by atoms with Crippen LogP contribution in [-0.2, 0) is 0 Å². The van der Waals surface area contributed by atoms with Gasteiger partial charge in [0.15, 0.2) is 0 Å². The van der Waals surface area contributed by atoms with Gasteiger partial charge in [0, 0.05) is 62.7 Å². The van der Waals surface area contributed by atoms with E-state index in [1.54, 1.807) is 19.5 Å². The maximum absolute atomic E-state index is 14.6. The molecule has 0 aliphatic carbocycles. The molecular formula is C20H27FN6O. The standard InChI is InChI=1S/C20H27FN6O/c1-28-16-4-5-17(18(21)12-16)19-15(13-24-25-19)14-26-8-3-9-27(11-10-26)20-22-6-2-7-23-20/h2,4-7,12,15,19,24-25H,3,8-11,13-14H2,1H3. The summed E-state index contributed by atoms with van der Waals surface area (Å²) in [7, 11) is 1.55. The molecule has 2 unspecified atom stereocenters. The number of nitrogens with one attached hydrogen (secondary N) is 2. The highest BCUT2D eigenvalue weighted by Gasteiger charge is 2.32. The number of rotatable bonds is 5. The quantitative estimate of drug-likeness (QED) is 0.809. The lowest BCUT2D eigenvalue weighted by molar-refractivity contribution is 0.238. The lowest BCUT2D eigenvalue weighted by atomic mass is 9.93. The van der Waals surface area contributed by atoms with E-state index < -0.39 is 0 Å². The minimum atomic E-state index is -0.228. The third kappa shape index (κ3) is 4.24. The number of benzene rings is 1. The Labute approximate surface area is 164 Å². The fourth-order valence-electron chi connectivity index (χ4n) is 4.06. The number of ether oxygens (including phenoxy) is 1. The molecule has 2 fully saturated rings. The predicted molar refractivity (Wildman–Crippen MR) is 106 cm³/mol. The molecular weight excluding hydrogens is 359 g/mol. The number of hydrogen-bond acceptors (Lipinski definition) is 7. The number of hydrazine groups is 1. The van der Waals surface area contributed by atoms with Gasteiger partial charge in [-0.15, -0.1) is 0 Å². The Morgan fingerprint density at radius 3 is 2.82 bits per heavy atom. The van der Waals surface area contributed by atoms with E-state index in [1.165, 1.54) is 6.07 Å². The Morgan fingerprint density at radius 1 is 1.18 bits per heavy atom. The Morgan fingerprint density at radius 2 is 2.04 bits per heavy atom. The average molecular weight is 386 g/mol. The average Bonchev–Trinajstić information content (AvgIpc) is 3.05. The molecule has 8 heteroatoms. The molecule has 2 saturated heterocycles. The van der Waals surface area contributed by atoms with Gasteiger partial charge in [0.1, 0.15) is 11.6 Å². The van der Waals surface area contributed by atoms with Gasteiger partial charge in [0.2, 0.25) is 5.95 Å². The van der Waals surface area contributed by atoms with Gasteiger partial charge in [0.25, 0.3) is 0 Å². The second-order valence-electron chi connectivity index (χ2n) is 7.34. The summed E-state index contributed by atoms with van der Waals surface area (Å²) in [6.07, 6.45) is 4.64. The smallest absolute Gasteiger partial charge is 0.225 e. The lowest BCUT2D eigenvalue weighted by Crippen LogP contribution is -2.36. The number of aromatic nitrogens is 2. The molecule has 2 atom stereocenters. The van der Waals surface area contributed by atoms with Crippen LogP contribution in [0, 0.1) is 11.7 Å². The predicted octanol–water partition coefficient (Wildman–Crippen LogP) is 1.60. The van der Waals surface area contributed by atoms with E-state index in [2.05, 4.69) is 30.6 Å². The maximum Gasteiger partial charge on any atom is 0.225 e. The van der Waals surface area contributed by atoms with Gasteiger partial charge in [-0.05, 0) is 25.1 Å². The molecule has 7 nitrogen and oxygen atoms in total. The number of hydrogen-bond donors (Lipinski definition) is 2. The highest BCUT2D eigenvalue weighted by atomic mass is 19.1. The fraction of sp³-hybridized carbons (Fsp3) is 0.500. The second kappa shape index (κ2) is 8.81. The van der Waals surface area contributed by atoms with Crippen molar-refractivity contribution in [3.05, 3.63) is 48.0 Å². The number of methoxy groups -OCH3 is 1. The Kier molecular flexibility index (Phi) is 5.99. The lowest BCUT2D eigenvalue weighted by Gasteiger charge is -2.27. The van der Waals surface area contributed by atoms with Gasteiger partial charge in [0.05, 0.1) is 13.2 Å². The molecule has 3 heterocycles. The monoisotopic (exact) mass is 386 g/mol. The third-order valence-corrected chi connectivity index (χ3v) is 5.55. The number of halogens is 1. The Bertz CT molecular complexity index is 777. The summed E-state index contributed by atoms with van der Waals surface area (Å²) < 4.78 is 19.7. The zero-order valence-corrected chi connectivity index (χ0v) is 16.1. The summed E-state index contributed by atoms with van der Waals surface area (Å²) in [6.45, 7) is 5.57. The molecule has 2 aliphatic rings. The van der Waals surface area contributed by atoms with Gasteiger partial charge in [-0.2, -0.15) is 0 Å². The van der Waals surface area contributed by atoms with Crippen LogP contribution >= 0.6 is 0 Å². The van der Waals surface area contributed by atoms with E-state index in [0.29, 0.717) is 17.2 Å². The first-order chi connectivity index (χ1) is 13.7. The summed E-state index contributed by atoms with van der Waals surface area (Å²) in [4.78, 5) is 13.5. The summed E-state index contributed by atoms with van der Waals surface area (Å²) in [5, 5.41) is 0. The first-order valence-electron chi connectivity index (χ1n) is 9.81. The largest absolute Gasteiger partial charge is 0.497 e. The zero-order valence-electron chi connectivity index (χ0n) is 16.1. The van der Waals surface area contributed by atoms with Crippen molar-refractivity contribution < 1.29 is 9.13 Å². The van der Waals surface area contributed by atoms with Gasteiger partial charge >= 0.3 is 0 Å². The molecule has 2 N–H and O–H groups in total. The molecule has 0 bridgehead atoms. The number of nitrogens with zero attached hydrogens (tertiary/aromatic N) is 4. The van der Waals surface area contributed by atoms with Crippen LogP contribution in [-0.4, -0.2) is 61.2 Å². The molecule has 28 heavy (non-hydrogen) atoms. The van der Waals surface area contributed by atoms with Crippen LogP contribution in [0.3, 0.4) is 0 Å². The molecule has 4 rings (SSSR count). The van der Waals surface area contributed by atoms with Crippen molar-refractivity contribution >= 4 is 5.95 Å². The fourth-order valence-corrected chi connectivity index (χ4v) is 4.06. The summed E-state index contributed by atoms with van der Waals surface area (Å²) >= 11 is 0. The minimum absolute atomic E-state index is 0.0530. The highest BCUT2D eigenvalue weighted by Crippen LogP contribution is 2.30. The van der Waals surface area contributed by atoms with Crippen molar-refractivity contribution in [3.63, 3.8) is 0 Å². The Balaban J connectivity index is 1.39. The van der Waals surface area contributed by atoms with Crippen LogP contribution in [0.2, 0.25) is 0 Å². The van der Waals surface area contributed by atoms with Crippen LogP contribution in [0.15, 0.2) is 36.7 Å². The van der Waals surface area contributed by atoms with E-state index in [0.717, 1.165) is 51.6 Å². The van der Waals surface area contributed by atoms with Crippen LogP contribution in [0.1, 0.15) is 18.0 Å². The SMILES string of the molecule is COc1ccc(C2NNCC2CN2CCCN(c3ncccn3)CC2)c(F)c1. The number of anilines is 1. The molecule has 2 aliphatic heterocycles. The van der Waals surface area contributed by atoms with Crippen LogP contribution in [0.4, 0.5) is 10.3 Å². The molecule has 0 radical (unpaired) electrons. The minimum Gasteiger partial charge on any atom is -0.497 e. The zero-order chi connectivity index (χ0) is 19.3. The van der Waals surface area contributed by atoms with E-state index >= 15 is 0 Å². The summed E-state index contributed by atoms with van der Waals surface area (Å²) in [5.74, 6) is 1.41. The van der Waals surface area contributed by atoms with Crippen molar-refractivity contribution in [2.24, 2.45) is 5.92 Å². The van der Waals surface area contributed by atoms with Crippen LogP contribution < -0.4 is 20.5 Å². The highest BCUT2D eigenvalue weighted by molar-refractivity contribution is 5.32. The van der Waals surface area contributed by atoms with Gasteiger partial charge in [-0.3, -0.25) is 5.43 Å². The van der Waals surface area contributed by atoms with Crippen molar-refractivity contribution in [1.29, 1.82) is 0 Å². The van der Waals surface area contributed by atoms with E-state index in [9.17, 15) is 4.39 Å². The van der Waals surface area contributed by atoms with Gasteiger partial charge < -0.3 is 14.5 Å². The molecule has 1 aromatic heterocycles. The van der Waals surface area contributed by atoms with Crippen molar-refractivity contribution in [1.82, 2.24) is 25.7 Å². The molecule has 0 amide bonds. The first-order valence-corrected chi connectivity index (χ1v) is 9.81. The molecule has 0 saturated carbocycles. The summed E-state index contributed by atoms with van der Waals surface area (Å²) in [6, 6.07) is 6.88. The van der Waals surface area contributed by atoms with Crippen LogP contribution in [0.5, 0.6) is 5.75 Å². The third-order valence-electron chi connectivity index (χ3n) is 5.55. The van der Waals surface area contributed by atoms with E-state index in [-0.39, 0.29) is 11.9 Å². The van der Waals surface area contributed by atoms with E-state index in [4.69, 9.17) is 4.74 Å². The molecule has 2 aromatic rings. The van der Waals surface area contributed by atoms with E-state index in [1.807, 2.05) is 18.2 Å². The second-order valence-corrected chi connectivity index (χ2v) is 7.34.